The summed E-state index contributed by atoms with van der Waals surface area (Å²) in [4.78, 5) is 28.9. The molecule has 37 heavy (non-hydrogen) atoms. The van der Waals surface area contributed by atoms with Crippen LogP contribution in [0.5, 0.6) is 5.75 Å². The van der Waals surface area contributed by atoms with E-state index >= 15 is 0 Å². The van der Waals surface area contributed by atoms with Gasteiger partial charge in [-0.2, -0.15) is 9.78 Å². The molecule has 0 amide bonds. The van der Waals surface area contributed by atoms with Crippen molar-refractivity contribution < 1.29 is 9.66 Å². The van der Waals surface area contributed by atoms with E-state index in [1.807, 2.05) is 36.4 Å². The Morgan fingerprint density at radius 2 is 1.89 bits per heavy atom. The van der Waals surface area contributed by atoms with Gasteiger partial charge in [0.15, 0.2) is 0 Å². The Kier molecular flexibility index (Phi) is 7.41. The molecular weight excluding hydrogens is 536 g/mol. The van der Waals surface area contributed by atoms with Crippen LogP contribution in [0.2, 0.25) is 0 Å². The van der Waals surface area contributed by atoms with Gasteiger partial charge in [-0.1, -0.05) is 59.5 Å². The van der Waals surface area contributed by atoms with Gasteiger partial charge in [0, 0.05) is 22.5 Å². The SMILES string of the molecule is O=c1c2cc(Br)ccc2nc(C2CCCCC2)n1N=Cc1cccc(OCc2cccc([N+](=O)[O-])c2)c1. The van der Waals surface area contributed by atoms with E-state index in [9.17, 15) is 14.9 Å². The number of nitro benzene ring substituents is 1. The fourth-order valence-corrected chi connectivity index (χ4v) is 5.00. The zero-order chi connectivity index (χ0) is 25.8. The fraction of sp³-hybridized carbons (Fsp3) is 0.250. The molecule has 1 aliphatic carbocycles. The molecule has 4 aromatic rings. The number of aromatic nitrogens is 2. The fourth-order valence-electron chi connectivity index (χ4n) is 4.64. The monoisotopic (exact) mass is 560 g/mol. The van der Waals surface area contributed by atoms with Crippen molar-refractivity contribution in [2.45, 2.75) is 44.6 Å². The van der Waals surface area contributed by atoms with Gasteiger partial charge in [0.05, 0.1) is 22.0 Å². The molecule has 0 unspecified atom stereocenters. The number of benzene rings is 3. The van der Waals surface area contributed by atoms with E-state index in [0.717, 1.165) is 35.7 Å². The number of hydrogen-bond acceptors (Lipinski definition) is 6. The lowest BCUT2D eigenvalue weighted by Crippen LogP contribution is -2.25. The maximum atomic E-state index is 13.5. The summed E-state index contributed by atoms with van der Waals surface area (Å²) in [5, 5.41) is 16.1. The highest BCUT2D eigenvalue weighted by Crippen LogP contribution is 2.32. The van der Waals surface area contributed by atoms with Crippen molar-refractivity contribution in [3.05, 3.63) is 109 Å². The number of rotatable bonds is 7. The van der Waals surface area contributed by atoms with E-state index in [-0.39, 0.29) is 23.8 Å². The summed E-state index contributed by atoms with van der Waals surface area (Å²) in [5.74, 6) is 1.49. The number of fused-ring (bicyclic) bond motifs is 1. The third-order valence-corrected chi connectivity index (χ3v) is 7.00. The first-order valence-electron chi connectivity index (χ1n) is 12.2. The minimum absolute atomic E-state index is 0.0252. The molecule has 1 heterocycles. The van der Waals surface area contributed by atoms with Crippen LogP contribution in [0.15, 0.2) is 81.1 Å². The summed E-state index contributed by atoms with van der Waals surface area (Å²) in [7, 11) is 0. The van der Waals surface area contributed by atoms with E-state index in [2.05, 4.69) is 21.0 Å². The molecule has 0 bridgehead atoms. The van der Waals surface area contributed by atoms with Gasteiger partial charge in [-0.05, 0) is 54.3 Å². The Balaban J connectivity index is 1.43. The number of nitro groups is 1. The quantitative estimate of drug-likeness (QED) is 0.144. The molecule has 1 aromatic heterocycles. The van der Waals surface area contributed by atoms with Gasteiger partial charge in [0.1, 0.15) is 18.2 Å². The molecule has 0 atom stereocenters. The van der Waals surface area contributed by atoms with Crippen molar-refractivity contribution >= 4 is 38.7 Å². The Bertz CT molecular complexity index is 1540. The average Bonchev–Trinajstić information content (AvgIpc) is 2.92. The standard InChI is InChI=1S/C28H25BrN4O4/c29-22-12-13-26-25(16-22)28(34)32(27(31-26)21-8-2-1-3-9-21)30-17-19-6-5-11-24(15-19)37-18-20-7-4-10-23(14-20)33(35)36/h4-7,10-17,21H,1-3,8-9,18H2. The van der Waals surface area contributed by atoms with Gasteiger partial charge in [-0.3, -0.25) is 14.9 Å². The highest BCUT2D eigenvalue weighted by Gasteiger charge is 2.22. The number of hydrogen-bond donors (Lipinski definition) is 0. The minimum atomic E-state index is -0.426. The second kappa shape index (κ2) is 11.0. The summed E-state index contributed by atoms with van der Waals surface area (Å²) in [6.07, 6.45) is 7.06. The van der Waals surface area contributed by atoms with Crippen LogP contribution in [0.25, 0.3) is 10.9 Å². The molecule has 1 aliphatic rings. The molecule has 188 valence electrons. The molecule has 0 saturated heterocycles. The Labute approximate surface area is 221 Å². The van der Waals surface area contributed by atoms with Crippen LogP contribution in [0.3, 0.4) is 0 Å². The highest BCUT2D eigenvalue weighted by atomic mass is 79.9. The van der Waals surface area contributed by atoms with Gasteiger partial charge in [-0.15, -0.1) is 0 Å². The summed E-state index contributed by atoms with van der Waals surface area (Å²) < 4.78 is 8.12. The van der Waals surface area contributed by atoms with Crippen LogP contribution < -0.4 is 10.3 Å². The lowest BCUT2D eigenvalue weighted by molar-refractivity contribution is -0.384. The summed E-state index contributed by atoms with van der Waals surface area (Å²) >= 11 is 3.45. The first-order valence-corrected chi connectivity index (χ1v) is 13.0. The van der Waals surface area contributed by atoms with Crippen molar-refractivity contribution in [1.29, 1.82) is 0 Å². The zero-order valence-electron chi connectivity index (χ0n) is 20.0. The van der Waals surface area contributed by atoms with E-state index in [0.29, 0.717) is 28.0 Å². The molecule has 8 nitrogen and oxygen atoms in total. The van der Waals surface area contributed by atoms with E-state index in [1.54, 1.807) is 24.4 Å². The lowest BCUT2D eigenvalue weighted by atomic mass is 9.88. The number of non-ortho nitro benzene ring substituents is 1. The largest absolute Gasteiger partial charge is 0.489 e. The molecule has 1 fully saturated rings. The lowest BCUT2D eigenvalue weighted by Gasteiger charge is -2.22. The van der Waals surface area contributed by atoms with Crippen molar-refractivity contribution in [3.8, 4) is 5.75 Å². The molecule has 1 saturated carbocycles. The average molecular weight is 561 g/mol. The molecular formula is C28H25BrN4O4. The zero-order valence-corrected chi connectivity index (χ0v) is 21.6. The van der Waals surface area contributed by atoms with Crippen molar-refractivity contribution in [2.24, 2.45) is 5.10 Å². The van der Waals surface area contributed by atoms with E-state index in [1.165, 1.54) is 23.2 Å². The number of ether oxygens (including phenoxy) is 1. The molecule has 0 N–H and O–H groups in total. The van der Waals surface area contributed by atoms with Crippen molar-refractivity contribution in [2.75, 3.05) is 0 Å². The third kappa shape index (κ3) is 5.77. The van der Waals surface area contributed by atoms with Gasteiger partial charge in [0.25, 0.3) is 11.2 Å². The van der Waals surface area contributed by atoms with Crippen LogP contribution >= 0.6 is 15.9 Å². The second-order valence-corrected chi connectivity index (χ2v) is 10.0. The molecule has 5 rings (SSSR count). The van der Waals surface area contributed by atoms with Crippen LogP contribution in [0.1, 0.15) is 55.0 Å². The summed E-state index contributed by atoms with van der Waals surface area (Å²) in [6, 6.07) is 19.2. The highest BCUT2D eigenvalue weighted by molar-refractivity contribution is 9.10. The predicted octanol–water partition coefficient (Wildman–Crippen LogP) is 6.58. The normalized spacial score (nSPS) is 14.3. The Morgan fingerprint density at radius 1 is 1.08 bits per heavy atom. The third-order valence-electron chi connectivity index (χ3n) is 6.51. The van der Waals surface area contributed by atoms with Gasteiger partial charge >= 0.3 is 0 Å². The first-order chi connectivity index (χ1) is 18.0. The predicted molar refractivity (Wildman–Crippen MR) is 146 cm³/mol. The molecule has 3 aromatic carbocycles. The van der Waals surface area contributed by atoms with Crippen LogP contribution in [0.4, 0.5) is 5.69 Å². The number of halogens is 1. The van der Waals surface area contributed by atoms with E-state index < -0.39 is 4.92 Å². The Morgan fingerprint density at radius 3 is 2.70 bits per heavy atom. The molecule has 9 heteroatoms. The van der Waals surface area contributed by atoms with Gasteiger partial charge in [0.2, 0.25) is 0 Å². The first kappa shape index (κ1) is 24.8. The van der Waals surface area contributed by atoms with Crippen molar-refractivity contribution in [1.82, 2.24) is 9.66 Å². The van der Waals surface area contributed by atoms with Gasteiger partial charge < -0.3 is 4.74 Å². The molecule has 0 aliphatic heterocycles. The molecule has 0 radical (unpaired) electrons. The number of nitrogens with zero attached hydrogens (tertiary/aromatic N) is 4. The maximum absolute atomic E-state index is 13.5. The Hall–Kier alpha value is -3.85. The van der Waals surface area contributed by atoms with Crippen LogP contribution in [0, 0.1) is 10.1 Å². The van der Waals surface area contributed by atoms with Crippen molar-refractivity contribution in [3.63, 3.8) is 0 Å². The smallest absolute Gasteiger partial charge is 0.282 e. The second-order valence-electron chi connectivity index (χ2n) is 9.12. The van der Waals surface area contributed by atoms with Crippen LogP contribution in [-0.2, 0) is 6.61 Å². The summed E-state index contributed by atoms with van der Waals surface area (Å²) in [6.45, 7) is 0.192. The van der Waals surface area contributed by atoms with Crippen LogP contribution in [-0.4, -0.2) is 20.8 Å². The van der Waals surface area contributed by atoms with E-state index in [4.69, 9.17) is 9.72 Å². The minimum Gasteiger partial charge on any atom is -0.489 e. The van der Waals surface area contributed by atoms with Gasteiger partial charge in [-0.25, -0.2) is 4.98 Å². The summed E-state index contributed by atoms with van der Waals surface area (Å²) in [5.41, 5.74) is 1.97. The molecule has 0 spiro atoms. The topological polar surface area (TPSA) is 99.6 Å². The maximum Gasteiger partial charge on any atom is 0.282 e.